The first-order valence-corrected chi connectivity index (χ1v) is 16.3. The van der Waals surface area contributed by atoms with Crippen molar-refractivity contribution in [2.45, 2.75) is 118 Å². The van der Waals surface area contributed by atoms with Gasteiger partial charge in [0.15, 0.2) is 0 Å². The number of aryl methyl sites for hydroxylation is 4. The summed E-state index contributed by atoms with van der Waals surface area (Å²) in [6.07, 6.45) is 18.9. The molecule has 0 unspecified atom stereocenters. The first kappa shape index (κ1) is 27.4. The molecule has 0 saturated carbocycles. The van der Waals surface area contributed by atoms with E-state index >= 15 is 0 Å². The lowest BCUT2D eigenvalue weighted by atomic mass is 9.94. The molecular formula is C34H46S2. The molecule has 0 amide bonds. The molecule has 0 nitrogen and oxygen atoms in total. The normalized spacial score (nSPS) is 11.8. The maximum atomic E-state index is 2.46. The topological polar surface area (TPSA) is 0 Å². The molecule has 0 N–H and O–H groups in total. The third-order valence-corrected chi connectivity index (χ3v) is 9.99. The van der Waals surface area contributed by atoms with Crippen molar-refractivity contribution in [3.05, 3.63) is 57.3 Å². The molecule has 0 atom stereocenters. The van der Waals surface area contributed by atoms with Crippen LogP contribution in [0.15, 0.2) is 36.4 Å². The fraction of sp³-hybridized carbons (Fsp3) is 0.529. The molecule has 36 heavy (non-hydrogen) atoms. The predicted octanol–water partition coefficient (Wildman–Crippen LogP) is 12.2. The van der Waals surface area contributed by atoms with Gasteiger partial charge in [-0.2, -0.15) is 0 Å². The summed E-state index contributed by atoms with van der Waals surface area (Å²) in [5.74, 6) is 0. The summed E-state index contributed by atoms with van der Waals surface area (Å²) in [6, 6.07) is 14.7. The molecule has 0 bridgehead atoms. The molecule has 0 saturated heterocycles. The van der Waals surface area contributed by atoms with Gasteiger partial charge in [-0.3, -0.25) is 0 Å². The summed E-state index contributed by atoms with van der Waals surface area (Å²) in [4.78, 5) is 3.11. The Labute approximate surface area is 228 Å². The standard InChI is InChI=1S/C34H46S2/c1-5-7-9-11-13-15-17-29-21-27-23-31(25(3)19-33(27)35-29)32-24-28-22-30(36-34(28)20-26(32)4)18-16-14-12-10-8-6-2/h19-24H,5-18H2,1-4H3. The van der Waals surface area contributed by atoms with E-state index in [1.54, 1.807) is 9.75 Å². The van der Waals surface area contributed by atoms with Gasteiger partial charge in [0.05, 0.1) is 0 Å². The second kappa shape index (κ2) is 13.8. The average Bonchev–Trinajstić information content (AvgIpc) is 3.44. The smallest absolute Gasteiger partial charge is 0.0348 e. The van der Waals surface area contributed by atoms with Gasteiger partial charge in [-0.25, -0.2) is 0 Å². The number of thiophene rings is 2. The van der Waals surface area contributed by atoms with Gasteiger partial charge in [0.25, 0.3) is 0 Å². The molecule has 194 valence electrons. The molecule has 0 spiro atoms. The number of rotatable bonds is 15. The average molecular weight is 519 g/mol. The lowest BCUT2D eigenvalue weighted by Gasteiger charge is -2.10. The van der Waals surface area contributed by atoms with Crippen molar-refractivity contribution >= 4 is 42.8 Å². The van der Waals surface area contributed by atoms with Gasteiger partial charge in [-0.15, -0.1) is 22.7 Å². The fourth-order valence-electron chi connectivity index (χ4n) is 5.47. The molecule has 0 aliphatic rings. The minimum Gasteiger partial charge on any atom is -0.140 e. The van der Waals surface area contributed by atoms with E-state index in [4.69, 9.17) is 0 Å². The zero-order valence-electron chi connectivity index (χ0n) is 23.2. The summed E-state index contributed by atoms with van der Waals surface area (Å²) in [5.41, 5.74) is 5.63. The third kappa shape index (κ3) is 7.23. The number of fused-ring (bicyclic) bond motifs is 2. The Balaban J connectivity index is 1.46. The van der Waals surface area contributed by atoms with Crippen molar-refractivity contribution in [1.82, 2.24) is 0 Å². The summed E-state index contributed by atoms with van der Waals surface area (Å²) >= 11 is 4.02. The zero-order valence-corrected chi connectivity index (χ0v) is 24.8. The molecule has 4 aromatic rings. The monoisotopic (exact) mass is 518 g/mol. The van der Waals surface area contributed by atoms with Crippen LogP contribution in [0.25, 0.3) is 31.3 Å². The zero-order chi connectivity index (χ0) is 25.3. The third-order valence-electron chi connectivity index (χ3n) is 7.67. The van der Waals surface area contributed by atoms with Gasteiger partial charge in [-0.05, 0) is 109 Å². The van der Waals surface area contributed by atoms with Crippen LogP contribution in [-0.2, 0) is 12.8 Å². The molecule has 2 aromatic carbocycles. The second-order valence-corrected chi connectivity index (χ2v) is 13.2. The van der Waals surface area contributed by atoms with Crippen molar-refractivity contribution in [3.8, 4) is 11.1 Å². The van der Waals surface area contributed by atoms with Crippen LogP contribution < -0.4 is 0 Å². The van der Waals surface area contributed by atoms with Crippen LogP contribution in [0.3, 0.4) is 0 Å². The highest BCUT2D eigenvalue weighted by molar-refractivity contribution is 7.19. The van der Waals surface area contributed by atoms with Crippen LogP contribution in [0, 0.1) is 13.8 Å². The van der Waals surface area contributed by atoms with Gasteiger partial charge in [0.2, 0.25) is 0 Å². The van der Waals surface area contributed by atoms with Crippen molar-refractivity contribution in [2.75, 3.05) is 0 Å². The van der Waals surface area contributed by atoms with E-state index in [9.17, 15) is 0 Å². The first-order chi connectivity index (χ1) is 17.6. The van der Waals surface area contributed by atoms with Crippen LogP contribution in [-0.4, -0.2) is 0 Å². The molecule has 2 heteroatoms. The molecule has 2 heterocycles. The molecule has 0 fully saturated rings. The predicted molar refractivity (Wildman–Crippen MR) is 166 cm³/mol. The Morgan fingerprint density at radius 3 is 1.28 bits per heavy atom. The molecule has 4 rings (SSSR count). The molecule has 0 aliphatic heterocycles. The molecule has 0 radical (unpaired) electrons. The fourth-order valence-corrected chi connectivity index (χ4v) is 7.85. The molecule has 2 aromatic heterocycles. The SMILES string of the molecule is CCCCCCCCc1cc2cc(-c3cc4cc(CCCCCCCC)sc4cc3C)c(C)cc2s1. The van der Waals surface area contributed by atoms with Gasteiger partial charge >= 0.3 is 0 Å². The minimum atomic E-state index is 1.24. The van der Waals surface area contributed by atoms with Gasteiger partial charge < -0.3 is 0 Å². The second-order valence-electron chi connectivity index (χ2n) is 10.9. The van der Waals surface area contributed by atoms with Crippen LogP contribution >= 0.6 is 22.7 Å². The van der Waals surface area contributed by atoms with Gasteiger partial charge in [0, 0.05) is 19.2 Å². The van der Waals surface area contributed by atoms with Crippen LogP contribution in [0.2, 0.25) is 0 Å². The molecule has 0 aliphatic carbocycles. The van der Waals surface area contributed by atoms with Crippen LogP contribution in [0.5, 0.6) is 0 Å². The Bertz CT molecular complexity index is 1140. The number of hydrogen-bond acceptors (Lipinski definition) is 2. The highest BCUT2D eigenvalue weighted by atomic mass is 32.1. The Morgan fingerprint density at radius 2 is 0.861 bits per heavy atom. The van der Waals surface area contributed by atoms with Crippen molar-refractivity contribution in [1.29, 1.82) is 0 Å². The summed E-state index contributed by atoms with van der Waals surface area (Å²) in [7, 11) is 0. The summed E-state index contributed by atoms with van der Waals surface area (Å²) in [5, 5.41) is 2.85. The largest absolute Gasteiger partial charge is 0.140 e. The number of benzene rings is 2. The number of unbranched alkanes of at least 4 members (excludes halogenated alkanes) is 10. The number of hydrogen-bond donors (Lipinski definition) is 0. The molecular weight excluding hydrogens is 473 g/mol. The van der Waals surface area contributed by atoms with Crippen LogP contribution in [0.4, 0.5) is 0 Å². The highest BCUT2D eigenvalue weighted by Gasteiger charge is 2.12. The lowest BCUT2D eigenvalue weighted by molar-refractivity contribution is 0.609. The van der Waals surface area contributed by atoms with E-state index in [1.807, 2.05) is 22.7 Å². The Hall–Kier alpha value is -1.64. The first-order valence-electron chi connectivity index (χ1n) is 14.7. The lowest BCUT2D eigenvalue weighted by Crippen LogP contribution is -1.87. The van der Waals surface area contributed by atoms with Gasteiger partial charge in [0.1, 0.15) is 0 Å². The van der Waals surface area contributed by atoms with Crippen LogP contribution in [0.1, 0.15) is 112 Å². The quantitative estimate of drug-likeness (QED) is 0.137. The van der Waals surface area contributed by atoms with E-state index in [1.165, 1.54) is 132 Å². The maximum Gasteiger partial charge on any atom is 0.0348 e. The van der Waals surface area contributed by atoms with E-state index < -0.39 is 0 Å². The van der Waals surface area contributed by atoms with Crippen molar-refractivity contribution < 1.29 is 0 Å². The van der Waals surface area contributed by atoms with E-state index in [-0.39, 0.29) is 0 Å². The minimum absolute atomic E-state index is 1.24. The highest BCUT2D eigenvalue weighted by Crippen LogP contribution is 2.38. The van der Waals surface area contributed by atoms with Gasteiger partial charge in [-0.1, -0.05) is 78.1 Å². The van der Waals surface area contributed by atoms with E-state index in [2.05, 4.69) is 64.1 Å². The Kier molecular flexibility index (Phi) is 10.5. The van der Waals surface area contributed by atoms with E-state index in [0.717, 1.165) is 0 Å². The summed E-state index contributed by atoms with van der Waals surface area (Å²) in [6.45, 7) is 9.18. The summed E-state index contributed by atoms with van der Waals surface area (Å²) < 4.78 is 2.90. The van der Waals surface area contributed by atoms with E-state index in [0.29, 0.717) is 0 Å². The Morgan fingerprint density at radius 1 is 0.472 bits per heavy atom. The van der Waals surface area contributed by atoms with Crippen molar-refractivity contribution in [2.24, 2.45) is 0 Å². The van der Waals surface area contributed by atoms with Crippen molar-refractivity contribution in [3.63, 3.8) is 0 Å². The maximum absolute atomic E-state index is 2.46.